The van der Waals surface area contributed by atoms with E-state index in [1.165, 1.54) is 33.5 Å². The van der Waals surface area contributed by atoms with E-state index in [1.807, 2.05) is 11.3 Å². The minimum atomic E-state index is -0.0368. The van der Waals surface area contributed by atoms with Crippen LogP contribution in [0.15, 0.2) is 9.85 Å². The van der Waals surface area contributed by atoms with E-state index >= 15 is 0 Å². The van der Waals surface area contributed by atoms with Crippen molar-refractivity contribution in [1.82, 2.24) is 5.32 Å². The lowest BCUT2D eigenvalue weighted by atomic mass is 9.91. The van der Waals surface area contributed by atoms with Crippen LogP contribution >= 0.6 is 27.3 Å². The number of rotatable bonds is 4. The van der Waals surface area contributed by atoms with E-state index in [0.717, 1.165) is 6.54 Å². The number of halogens is 1. The fraction of sp³-hybridized carbons (Fsp3) is 0.692. The van der Waals surface area contributed by atoms with Gasteiger partial charge in [0.1, 0.15) is 0 Å². The molecule has 1 atom stereocenters. The summed E-state index contributed by atoms with van der Waals surface area (Å²) in [6, 6.07) is 2.72. The van der Waals surface area contributed by atoms with Crippen LogP contribution in [-0.4, -0.2) is 18.3 Å². The molecule has 0 saturated carbocycles. The van der Waals surface area contributed by atoms with Crippen LogP contribution in [-0.2, 0) is 6.42 Å². The molecule has 1 aliphatic carbocycles. The summed E-state index contributed by atoms with van der Waals surface area (Å²) >= 11 is 5.44. The van der Waals surface area contributed by atoms with E-state index in [0.29, 0.717) is 6.04 Å². The maximum Gasteiger partial charge on any atom is 0.0704 e. The van der Waals surface area contributed by atoms with Gasteiger partial charge >= 0.3 is 0 Å². The van der Waals surface area contributed by atoms with Gasteiger partial charge in [-0.3, -0.25) is 0 Å². The fourth-order valence-electron chi connectivity index (χ4n) is 2.19. The smallest absolute Gasteiger partial charge is 0.0704 e. The molecule has 0 saturated heterocycles. The molecule has 2 rings (SSSR count). The second-order valence-electron chi connectivity index (χ2n) is 5.58. The number of hydrogen-bond acceptors (Lipinski definition) is 3. The first-order valence-electron chi connectivity index (χ1n) is 6.14. The Morgan fingerprint density at radius 2 is 2.35 bits per heavy atom. The molecule has 0 fully saturated rings. The summed E-state index contributed by atoms with van der Waals surface area (Å²) in [5.74, 6) is 0. The van der Waals surface area contributed by atoms with Gasteiger partial charge in [-0.25, -0.2) is 0 Å². The highest BCUT2D eigenvalue weighted by Gasteiger charge is 2.24. The normalized spacial score (nSPS) is 20.4. The second-order valence-corrected chi connectivity index (χ2v) is 8.09. The summed E-state index contributed by atoms with van der Waals surface area (Å²) in [5, 5.41) is 12.9. The first-order valence-corrected chi connectivity index (χ1v) is 7.75. The Balaban J connectivity index is 2.03. The van der Waals surface area contributed by atoms with Crippen molar-refractivity contribution in [2.75, 3.05) is 13.2 Å². The standard InChI is InChI=1S/C13H20BrNOS/c1-13(2,8-16)7-15-10-4-3-5-11-9(10)6-12(14)17-11/h6,10,15-16H,3-5,7-8H2,1-2H3. The molecule has 1 aromatic rings. The topological polar surface area (TPSA) is 32.3 Å². The third kappa shape index (κ3) is 3.31. The third-order valence-electron chi connectivity index (χ3n) is 3.34. The van der Waals surface area contributed by atoms with Gasteiger partial charge in [-0.05, 0) is 46.8 Å². The van der Waals surface area contributed by atoms with Crippen LogP contribution in [0.2, 0.25) is 0 Å². The molecule has 2 N–H and O–H groups in total. The molecule has 0 aromatic carbocycles. The molecule has 1 aliphatic rings. The summed E-state index contributed by atoms with van der Waals surface area (Å²) in [7, 11) is 0. The van der Waals surface area contributed by atoms with Crippen molar-refractivity contribution in [2.24, 2.45) is 5.41 Å². The van der Waals surface area contributed by atoms with Gasteiger partial charge in [0.25, 0.3) is 0 Å². The van der Waals surface area contributed by atoms with Crippen molar-refractivity contribution in [3.8, 4) is 0 Å². The van der Waals surface area contributed by atoms with Crippen molar-refractivity contribution in [3.05, 3.63) is 20.3 Å². The number of nitrogens with one attached hydrogen (secondary N) is 1. The molecule has 1 unspecified atom stereocenters. The summed E-state index contributed by atoms with van der Waals surface area (Å²) in [6.07, 6.45) is 3.68. The molecule has 0 bridgehead atoms. The van der Waals surface area contributed by atoms with Gasteiger partial charge in [0, 0.05) is 29.5 Å². The molecule has 4 heteroatoms. The Bertz CT molecular complexity index is 389. The Morgan fingerprint density at radius 1 is 1.59 bits per heavy atom. The van der Waals surface area contributed by atoms with E-state index in [1.54, 1.807) is 0 Å². The molecule has 0 radical (unpaired) electrons. The van der Waals surface area contributed by atoms with Crippen LogP contribution in [0.3, 0.4) is 0 Å². The first-order chi connectivity index (χ1) is 8.02. The van der Waals surface area contributed by atoms with Crippen LogP contribution in [0.5, 0.6) is 0 Å². The van der Waals surface area contributed by atoms with Crippen LogP contribution in [0, 0.1) is 5.41 Å². The maximum atomic E-state index is 9.28. The number of hydrogen-bond donors (Lipinski definition) is 2. The van der Waals surface area contributed by atoms with Crippen LogP contribution in [0.1, 0.15) is 43.2 Å². The lowest BCUT2D eigenvalue weighted by Crippen LogP contribution is -2.35. The molecule has 1 aromatic heterocycles. The van der Waals surface area contributed by atoms with Crippen molar-refractivity contribution >= 4 is 27.3 Å². The fourth-order valence-corrected chi connectivity index (χ4v) is 4.01. The molecule has 1 heterocycles. The van der Waals surface area contributed by atoms with E-state index in [2.05, 4.69) is 41.2 Å². The highest BCUT2D eigenvalue weighted by Crippen LogP contribution is 2.38. The van der Waals surface area contributed by atoms with Gasteiger partial charge in [0.05, 0.1) is 3.79 Å². The Kier molecular flexibility index (Phi) is 4.29. The molecule has 0 aliphatic heterocycles. The molecule has 2 nitrogen and oxygen atoms in total. The third-order valence-corrected chi connectivity index (χ3v) is 5.05. The Hall–Kier alpha value is 0.100. The predicted octanol–water partition coefficient (Wildman–Crippen LogP) is 3.50. The Morgan fingerprint density at radius 3 is 3.06 bits per heavy atom. The number of aryl methyl sites for hydroxylation is 1. The number of thiophene rings is 1. The van der Waals surface area contributed by atoms with E-state index in [4.69, 9.17) is 0 Å². The first kappa shape index (κ1) is 13.5. The monoisotopic (exact) mass is 317 g/mol. The number of aliphatic hydroxyl groups is 1. The van der Waals surface area contributed by atoms with E-state index in [-0.39, 0.29) is 12.0 Å². The van der Waals surface area contributed by atoms with Crippen LogP contribution in [0.4, 0.5) is 0 Å². The molecule has 17 heavy (non-hydrogen) atoms. The van der Waals surface area contributed by atoms with Gasteiger partial charge in [-0.2, -0.15) is 0 Å². The second kappa shape index (κ2) is 5.39. The quantitative estimate of drug-likeness (QED) is 0.890. The van der Waals surface area contributed by atoms with E-state index < -0.39 is 0 Å². The predicted molar refractivity (Wildman–Crippen MR) is 76.6 cm³/mol. The molecule has 0 amide bonds. The average Bonchev–Trinajstić information content (AvgIpc) is 2.67. The summed E-state index contributed by atoms with van der Waals surface area (Å²) in [5.41, 5.74) is 1.42. The van der Waals surface area contributed by atoms with Crippen LogP contribution < -0.4 is 5.32 Å². The minimum Gasteiger partial charge on any atom is -0.396 e. The summed E-state index contributed by atoms with van der Waals surface area (Å²) < 4.78 is 1.23. The zero-order valence-corrected chi connectivity index (χ0v) is 12.8. The van der Waals surface area contributed by atoms with Gasteiger partial charge in [-0.15, -0.1) is 11.3 Å². The largest absolute Gasteiger partial charge is 0.396 e. The zero-order chi connectivity index (χ0) is 12.5. The van der Waals surface area contributed by atoms with Gasteiger partial charge in [-0.1, -0.05) is 13.8 Å². The zero-order valence-electron chi connectivity index (χ0n) is 10.4. The lowest BCUT2D eigenvalue weighted by molar-refractivity contribution is 0.152. The minimum absolute atomic E-state index is 0.0368. The lowest BCUT2D eigenvalue weighted by Gasteiger charge is -2.29. The molecular formula is C13H20BrNOS. The average molecular weight is 318 g/mol. The highest BCUT2D eigenvalue weighted by atomic mass is 79.9. The van der Waals surface area contributed by atoms with Gasteiger partial charge in [0.15, 0.2) is 0 Å². The molecule has 96 valence electrons. The number of aliphatic hydroxyl groups excluding tert-OH is 1. The summed E-state index contributed by atoms with van der Waals surface area (Å²) in [6.45, 7) is 5.27. The van der Waals surface area contributed by atoms with Crippen molar-refractivity contribution in [2.45, 2.75) is 39.2 Å². The Labute approximate surface area is 116 Å². The van der Waals surface area contributed by atoms with E-state index in [9.17, 15) is 5.11 Å². The van der Waals surface area contributed by atoms with Crippen LogP contribution in [0.25, 0.3) is 0 Å². The van der Waals surface area contributed by atoms with Crippen molar-refractivity contribution < 1.29 is 5.11 Å². The van der Waals surface area contributed by atoms with Gasteiger partial charge < -0.3 is 10.4 Å². The maximum absolute atomic E-state index is 9.28. The molecule has 0 spiro atoms. The SMILES string of the molecule is CC(C)(CO)CNC1CCCc2sc(Br)cc21. The van der Waals surface area contributed by atoms with Gasteiger partial charge in [0.2, 0.25) is 0 Å². The summed E-state index contributed by atoms with van der Waals surface area (Å²) in [4.78, 5) is 1.52. The van der Waals surface area contributed by atoms with Crippen molar-refractivity contribution in [1.29, 1.82) is 0 Å². The highest BCUT2D eigenvalue weighted by molar-refractivity contribution is 9.11. The molecular weight excluding hydrogens is 298 g/mol. The number of fused-ring (bicyclic) bond motifs is 1. The van der Waals surface area contributed by atoms with Crippen molar-refractivity contribution in [3.63, 3.8) is 0 Å².